The Hall–Kier alpha value is -2.70. The first-order valence-electron chi connectivity index (χ1n) is 6.26. The molecule has 1 unspecified atom stereocenters. The molecule has 3 rings (SSSR count). The molecule has 1 atom stereocenters. The molecule has 20 heavy (non-hydrogen) atoms. The highest BCUT2D eigenvalue weighted by atomic mass is 16.1. The summed E-state index contributed by atoms with van der Waals surface area (Å²) in [5.74, 6) is 1.27. The van der Waals surface area contributed by atoms with E-state index in [4.69, 9.17) is 0 Å². The van der Waals surface area contributed by atoms with Crippen molar-refractivity contribution in [2.45, 2.75) is 19.9 Å². The summed E-state index contributed by atoms with van der Waals surface area (Å²) in [5, 5.41) is 9.66. The SMILES string of the molecule is Cc1nc(NC(C)c2ccncc2)cc2n[nH]c(=O)n12. The van der Waals surface area contributed by atoms with Crippen molar-refractivity contribution in [2.24, 2.45) is 0 Å². The van der Waals surface area contributed by atoms with E-state index >= 15 is 0 Å². The van der Waals surface area contributed by atoms with Gasteiger partial charge in [-0.1, -0.05) is 0 Å². The van der Waals surface area contributed by atoms with Gasteiger partial charge in [0.25, 0.3) is 0 Å². The van der Waals surface area contributed by atoms with Gasteiger partial charge in [-0.3, -0.25) is 4.98 Å². The number of rotatable bonds is 3. The first kappa shape index (κ1) is 12.3. The quantitative estimate of drug-likeness (QED) is 0.748. The monoisotopic (exact) mass is 270 g/mol. The predicted molar refractivity (Wildman–Crippen MR) is 74.6 cm³/mol. The lowest BCUT2D eigenvalue weighted by atomic mass is 10.1. The van der Waals surface area contributed by atoms with E-state index in [0.29, 0.717) is 17.3 Å². The summed E-state index contributed by atoms with van der Waals surface area (Å²) in [7, 11) is 0. The molecule has 0 bridgehead atoms. The zero-order chi connectivity index (χ0) is 14.1. The van der Waals surface area contributed by atoms with Gasteiger partial charge in [-0.25, -0.2) is 19.3 Å². The van der Waals surface area contributed by atoms with Gasteiger partial charge in [0, 0.05) is 18.5 Å². The van der Waals surface area contributed by atoms with Crippen molar-refractivity contribution in [1.82, 2.24) is 24.6 Å². The first-order valence-corrected chi connectivity index (χ1v) is 6.26. The first-order chi connectivity index (χ1) is 9.65. The number of aromatic amines is 1. The van der Waals surface area contributed by atoms with Crippen molar-refractivity contribution in [2.75, 3.05) is 5.32 Å². The molecule has 0 aromatic carbocycles. The fourth-order valence-corrected chi connectivity index (χ4v) is 2.13. The molecule has 3 heterocycles. The van der Waals surface area contributed by atoms with Crippen LogP contribution in [0.5, 0.6) is 0 Å². The van der Waals surface area contributed by atoms with Gasteiger partial charge in [-0.2, -0.15) is 5.10 Å². The second-order valence-corrected chi connectivity index (χ2v) is 4.56. The Morgan fingerprint density at radius 3 is 2.85 bits per heavy atom. The summed E-state index contributed by atoms with van der Waals surface area (Å²) in [4.78, 5) is 19.9. The number of fused-ring (bicyclic) bond motifs is 1. The van der Waals surface area contributed by atoms with Crippen molar-refractivity contribution < 1.29 is 0 Å². The molecule has 3 aromatic rings. The Morgan fingerprint density at radius 1 is 1.35 bits per heavy atom. The van der Waals surface area contributed by atoms with Gasteiger partial charge in [-0.15, -0.1) is 0 Å². The van der Waals surface area contributed by atoms with Crippen LogP contribution in [0.25, 0.3) is 5.65 Å². The van der Waals surface area contributed by atoms with Gasteiger partial charge in [0.1, 0.15) is 11.6 Å². The average Bonchev–Trinajstić information content (AvgIpc) is 2.81. The Balaban J connectivity index is 1.93. The highest BCUT2D eigenvalue weighted by molar-refractivity contribution is 5.50. The number of nitrogens with zero attached hydrogens (tertiary/aromatic N) is 4. The zero-order valence-corrected chi connectivity index (χ0v) is 11.2. The summed E-state index contributed by atoms with van der Waals surface area (Å²) >= 11 is 0. The second-order valence-electron chi connectivity index (χ2n) is 4.56. The number of hydrogen-bond acceptors (Lipinski definition) is 5. The minimum Gasteiger partial charge on any atom is -0.363 e. The maximum absolute atomic E-state index is 11.5. The van der Waals surface area contributed by atoms with Crippen LogP contribution in [0.1, 0.15) is 24.4 Å². The maximum atomic E-state index is 11.5. The average molecular weight is 270 g/mol. The van der Waals surface area contributed by atoms with Crippen LogP contribution in [0.3, 0.4) is 0 Å². The van der Waals surface area contributed by atoms with Crippen LogP contribution in [0.4, 0.5) is 5.82 Å². The Morgan fingerprint density at radius 2 is 2.10 bits per heavy atom. The van der Waals surface area contributed by atoms with E-state index in [0.717, 1.165) is 5.56 Å². The van der Waals surface area contributed by atoms with E-state index in [1.807, 2.05) is 19.1 Å². The van der Waals surface area contributed by atoms with Crippen molar-refractivity contribution >= 4 is 11.5 Å². The Bertz CT molecular complexity index is 791. The number of hydrogen-bond donors (Lipinski definition) is 2. The van der Waals surface area contributed by atoms with E-state index in [-0.39, 0.29) is 11.7 Å². The fraction of sp³-hybridized carbons (Fsp3) is 0.231. The zero-order valence-electron chi connectivity index (χ0n) is 11.2. The summed E-state index contributed by atoms with van der Waals surface area (Å²) in [6.45, 7) is 3.81. The number of aromatic nitrogens is 5. The van der Waals surface area contributed by atoms with Crippen molar-refractivity contribution in [1.29, 1.82) is 0 Å². The highest BCUT2D eigenvalue weighted by Crippen LogP contribution is 2.17. The minimum absolute atomic E-state index is 0.0815. The predicted octanol–water partition coefficient (Wildman–Crippen LogP) is 1.29. The Labute approximate surface area is 114 Å². The van der Waals surface area contributed by atoms with Gasteiger partial charge >= 0.3 is 5.69 Å². The van der Waals surface area contributed by atoms with Gasteiger partial charge in [0.05, 0.1) is 6.04 Å². The number of nitrogens with one attached hydrogen (secondary N) is 2. The molecule has 3 aromatic heterocycles. The standard InChI is InChI=1S/C13H14N6O/c1-8(10-3-5-14-6-4-10)15-11-7-12-17-18-13(20)19(12)9(2)16-11/h3-8,15H,1-2H3,(H,18,20). The molecule has 7 nitrogen and oxygen atoms in total. The van der Waals surface area contributed by atoms with Crippen LogP contribution in [-0.4, -0.2) is 24.6 Å². The van der Waals surface area contributed by atoms with Crippen LogP contribution < -0.4 is 11.0 Å². The molecule has 0 amide bonds. The van der Waals surface area contributed by atoms with Crippen LogP contribution in [-0.2, 0) is 0 Å². The van der Waals surface area contributed by atoms with Gasteiger partial charge in [0.15, 0.2) is 5.65 Å². The lowest BCUT2D eigenvalue weighted by Gasteiger charge is -2.15. The lowest BCUT2D eigenvalue weighted by Crippen LogP contribution is -2.15. The number of H-pyrrole nitrogens is 1. The number of anilines is 1. The molecule has 7 heteroatoms. The summed E-state index contributed by atoms with van der Waals surface area (Å²) in [5.41, 5.74) is 1.38. The molecule has 0 radical (unpaired) electrons. The molecule has 0 aliphatic rings. The third-order valence-corrected chi connectivity index (χ3v) is 3.14. The molecule has 2 N–H and O–H groups in total. The van der Waals surface area contributed by atoms with Crippen LogP contribution >= 0.6 is 0 Å². The molecule has 0 aliphatic heterocycles. The summed E-state index contributed by atoms with van der Waals surface area (Å²) in [6, 6.07) is 5.71. The largest absolute Gasteiger partial charge is 0.363 e. The van der Waals surface area contributed by atoms with Crippen LogP contribution in [0, 0.1) is 6.92 Å². The van der Waals surface area contributed by atoms with Gasteiger partial charge in [-0.05, 0) is 31.5 Å². The summed E-state index contributed by atoms with van der Waals surface area (Å²) in [6.07, 6.45) is 3.51. The van der Waals surface area contributed by atoms with Gasteiger partial charge < -0.3 is 5.32 Å². The Kier molecular flexibility index (Phi) is 2.94. The number of pyridine rings is 1. The highest BCUT2D eigenvalue weighted by Gasteiger charge is 2.10. The molecule has 0 spiro atoms. The van der Waals surface area contributed by atoms with Crippen LogP contribution in [0.2, 0.25) is 0 Å². The van der Waals surface area contributed by atoms with Crippen molar-refractivity contribution in [3.63, 3.8) is 0 Å². The van der Waals surface area contributed by atoms with Crippen LogP contribution in [0.15, 0.2) is 35.4 Å². The second kappa shape index (κ2) is 4.76. The third-order valence-electron chi connectivity index (χ3n) is 3.14. The van der Waals surface area contributed by atoms with E-state index in [2.05, 4.69) is 25.5 Å². The molecule has 0 saturated heterocycles. The topological polar surface area (TPSA) is 88.0 Å². The van der Waals surface area contributed by atoms with Crippen molar-refractivity contribution in [3.05, 3.63) is 52.5 Å². The third kappa shape index (κ3) is 2.13. The fourth-order valence-electron chi connectivity index (χ4n) is 2.13. The van der Waals surface area contributed by atoms with E-state index < -0.39 is 0 Å². The maximum Gasteiger partial charge on any atom is 0.349 e. The molecule has 0 aliphatic carbocycles. The molecule has 0 fully saturated rings. The van der Waals surface area contributed by atoms with E-state index in [9.17, 15) is 4.79 Å². The lowest BCUT2D eigenvalue weighted by molar-refractivity contribution is 0.857. The normalized spacial score (nSPS) is 12.5. The van der Waals surface area contributed by atoms with E-state index in [1.54, 1.807) is 25.4 Å². The molecular formula is C13H14N6O. The van der Waals surface area contributed by atoms with Crippen molar-refractivity contribution in [3.8, 4) is 0 Å². The van der Waals surface area contributed by atoms with E-state index in [1.165, 1.54) is 4.40 Å². The molecule has 102 valence electrons. The smallest absolute Gasteiger partial charge is 0.349 e. The number of aryl methyl sites for hydroxylation is 1. The summed E-state index contributed by atoms with van der Waals surface area (Å²) < 4.78 is 1.43. The minimum atomic E-state index is -0.279. The molecule has 0 saturated carbocycles. The van der Waals surface area contributed by atoms with Gasteiger partial charge in [0.2, 0.25) is 0 Å². The molecular weight excluding hydrogens is 256 g/mol.